The van der Waals surface area contributed by atoms with E-state index >= 15 is 0 Å². The molecular formula is C21H31N5O6S. The third-order valence-corrected chi connectivity index (χ3v) is 6.50. The average molecular weight is 482 g/mol. The number of nitrogens with zero attached hydrogens (tertiary/aromatic N) is 2. The molecule has 1 aromatic heterocycles. The second-order valence-electron chi connectivity index (χ2n) is 7.81. The van der Waals surface area contributed by atoms with Gasteiger partial charge in [-0.25, -0.2) is 8.42 Å². The number of morpholine rings is 1. The van der Waals surface area contributed by atoms with Crippen molar-refractivity contribution in [3.05, 3.63) is 45.0 Å². The maximum Gasteiger partial charge on any atom is 0.253 e. The molecule has 33 heavy (non-hydrogen) atoms. The molecule has 182 valence electrons. The highest BCUT2D eigenvalue weighted by molar-refractivity contribution is 7.89. The zero-order chi connectivity index (χ0) is 23.5. The van der Waals surface area contributed by atoms with E-state index in [1.54, 1.807) is 24.5 Å². The van der Waals surface area contributed by atoms with Crippen LogP contribution in [-0.2, 0) is 19.6 Å². The lowest BCUT2D eigenvalue weighted by Crippen LogP contribution is -2.39. The Morgan fingerprint density at radius 2 is 1.70 bits per heavy atom. The third-order valence-electron chi connectivity index (χ3n) is 5.30. The summed E-state index contributed by atoms with van der Waals surface area (Å²) < 4.78 is 29.2. The molecule has 0 bridgehead atoms. The molecule has 0 aliphatic carbocycles. The van der Waals surface area contributed by atoms with E-state index in [9.17, 15) is 18.0 Å². The fourth-order valence-electron chi connectivity index (χ4n) is 3.42. The van der Waals surface area contributed by atoms with Crippen LogP contribution in [0.1, 0.15) is 25.7 Å². The number of ether oxygens (including phenoxy) is 1. The third kappa shape index (κ3) is 8.16. The number of sulfonamides is 1. The smallest absolute Gasteiger partial charge is 0.253 e. The SMILES string of the molecule is O=c1c(NCCCCCCS(=O)(=O)NOCCN2CCOCC2)c(Nc2ccncc2)c1=O. The molecule has 1 aliphatic rings. The topological polar surface area (TPSA) is 139 Å². The molecule has 1 aromatic carbocycles. The molecule has 11 nitrogen and oxygen atoms in total. The van der Waals surface area contributed by atoms with Crippen LogP contribution in [0.3, 0.4) is 0 Å². The van der Waals surface area contributed by atoms with Gasteiger partial charge in [-0.15, -0.1) is 0 Å². The Bertz CT molecular complexity index is 1030. The average Bonchev–Trinajstić information content (AvgIpc) is 2.83. The Hall–Kier alpha value is -2.38. The summed E-state index contributed by atoms with van der Waals surface area (Å²) in [7, 11) is -3.47. The maximum absolute atomic E-state index is 12.0. The molecule has 0 saturated carbocycles. The minimum absolute atomic E-state index is 0.00384. The van der Waals surface area contributed by atoms with E-state index in [0.717, 1.165) is 32.4 Å². The molecule has 1 aliphatic heterocycles. The van der Waals surface area contributed by atoms with Crippen molar-refractivity contribution < 1.29 is 18.0 Å². The Balaban J connectivity index is 1.25. The van der Waals surface area contributed by atoms with E-state index in [2.05, 4.69) is 25.4 Å². The van der Waals surface area contributed by atoms with Crippen LogP contribution >= 0.6 is 0 Å². The predicted octanol–water partition coefficient (Wildman–Crippen LogP) is 0.577. The van der Waals surface area contributed by atoms with Gasteiger partial charge in [0.1, 0.15) is 11.4 Å². The van der Waals surface area contributed by atoms with Crippen molar-refractivity contribution >= 4 is 27.1 Å². The normalized spacial score (nSPS) is 15.0. The Morgan fingerprint density at radius 3 is 2.45 bits per heavy atom. The first-order valence-electron chi connectivity index (χ1n) is 11.1. The van der Waals surface area contributed by atoms with E-state index in [-0.39, 0.29) is 17.1 Å². The zero-order valence-electron chi connectivity index (χ0n) is 18.5. The highest BCUT2D eigenvalue weighted by Crippen LogP contribution is 2.20. The summed E-state index contributed by atoms with van der Waals surface area (Å²) in [4.78, 5) is 37.0. The van der Waals surface area contributed by atoms with Gasteiger partial charge in [-0.05, 0) is 25.0 Å². The van der Waals surface area contributed by atoms with Gasteiger partial charge in [-0.3, -0.25) is 24.3 Å². The summed E-state index contributed by atoms with van der Waals surface area (Å²) in [6.07, 6.45) is 5.96. The first-order chi connectivity index (χ1) is 16.0. The summed E-state index contributed by atoms with van der Waals surface area (Å²) in [5.74, 6) is -0.00384. The number of nitrogens with one attached hydrogen (secondary N) is 3. The van der Waals surface area contributed by atoms with Crippen molar-refractivity contribution in [2.75, 3.05) is 62.4 Å². The van der Waals surface area contributed by atoms with Crippen molar-refractivity contribution in [1.82, 2.24) is 14.8 Å². The lowest BCUT2D eigenvalue weighted by molar-refractivity contribution is 0.0125. The van der Waals surface area contributed by atoms with Crippen molar-refractivity contribution in [1.29, 1.82) is 0 Å². The van der Waals surface area contributed by atoms with E-state index in [4.69, 9.17) is 9.57 Å². The van der Waals surface area contributed by atoms with Crippen molar-refractivity contribution in [2.45, 2.75) is 25.7 Å². The van der Waals surface area contributed by atoms with Gasteiger partial charge < -0.3 is 15.4 Å². The van der Waals surface area contributed by atoms with Crippen LogP contribution in [0.4, 0.5) is 17.1 Å². The predicted molar refractivity (Wildman–Crippen MR) is 126 cm³/mol. The summed E-state index contributed by atoms with van der Waals surface area (Å²) in [5, 5.41) is 5.95. The van der Waals surface area contributed by atoms with Gasteiger partial charge in [0.15, 0.2) is 0 Å². The fourth-order valence-corrected chi connectivity index (χ4v) is 4.35. The second-order valence-corrected chi connectivity index (χ2v) is 9.62. The van der Waals surface area contributed by atoms with Gasteiger partial charge in [0.25, 0.3) is 10.9 Å². The first kappa shape index (κ1) is 25.2. The highest BCUT2D eigenvalue weighted by Gasteiger charge is 2.20. The number of pyridine rings is 1. The van der Waals surface area contributed by atoms with Crippen LogP contribution in [0.5, 0.6) is 0 Å². The largest absolute Gasteiger partial charge is 0.380 e. The molecule has 12 heteroatoms. The van der Waals surface area contributed by atoms with Gasteiger partial charge in [-0.2, -0.15) is 0 Å². The quantitative estimate of drug-likeness (QED) is 0.188. The minimum Gasteiger partial charge on any atom is -0.380 e. The van der Waals surface area contributed by atoms with Crippen LogP contribution < -0.4 is 26.4 Å². The Morgan fingerprint density at radius 1 is 1.00 bits per heavy atom. The van der Waals surface area contributed by atoms with Gasteiger partial charge >= 0.3 is 0 Å². The number of rotatable bonds is 15. The van der Waals surface area contributed by atoms with Crippen LogP contribution in [0.2, 0.25) is 0 Å². The zero-order valence-corrected chi connectivity index (χ0v) is 19.4. The summed E-state index contributed by atoms with van der Waals surface area (Å²) in [6, 6.07) is 3.41. The van der Waals surface area contributed by atoms with Crippen LogP contribution in [-0.4, -0.2) is 70.1 Å². The summed E-state index contributed by atoms with van der Waals surface area (Å²) >= 11 is 0. The molecular weight excluding hydrogens is 450 g/mol. The number of hydrogen-bond donors (Lipinski definition) is 3. The lowest BCUT2D eigenvalue weighted by Gasteiger charge is -2.26. The van der Waals surface area contributed by atoms with Gasteiger partial charge in [0.2, 0.25) is 10.0 Å². The summed E-state index contributed by atoms with van der Waals surface area (Å²) in [5.41, 5.74) is 0.159. The highest BCUT2D eigenvalue weighted by atomic mass is 32.2. The molecule has 0 radical (unpaired) electrons. The van der Waals surface area contributed by atoms with E-state index in [0.29, 0.717) is 45.0 Å². The molecule has 0 amide bonds. The molecule has 0 spiro atoms. The van der Waals surface area contributed by atoms with Crippen LogP contribution in [0.25, 0.3) is 0 Å². The molecule has 2 heterocycles. The van der Waals surface area contributed by atoms with E-state index < -0.39 is 20.9 Å². The molecule has 0 unspecified atom stereocenters. The van der Waals surface area contributed by atoms with Crippen molar-refractivity contribution in [3.8, 4) is 0 Å². The molecule has 2 aromatic rings. The first-order valence-corrected chi connectivity index (χ1v) is 12.8. The molecule has 3 N–H and O–H groups in total. The fraction of sp³-hybridized carbons (Fsp3) is 0.571. The molecule has 1 fully saturated rings. The van der Waals surface area contributed by atoms with Gasteiger partial charge in [0.05, 0.1) is 25.6 Å². The molecule has 0 atom stereocenters. The van der Waals surface area contributed by atoms with E-state index in [1.165, 1.54) is 0 Å². The Kier molecular flexibility index (Phi) is 9.76. The lowest BCUT2D eigenvalue weighted by atomic mass is 10.1. The summed E-state index contributed by atoms with van der Waals surface area (Å²) in [6.45, 7) is 4.51. The number of unbranched alkanes of at least 4 members (excludes halogenated alkanes) is 3. The van der Waals surface area contributed by atoms with E-state index in [1.807, 2.05) is 0 Å². The molecule has 3 rings (SSSR count). The minimum atomic E-state index is -3.47. The van der Waals surface area contributed by atoms with Crippen molar-refractivity contribution in [2.24, 2.45) is 0 Å². The standard InChI is InChI=1S/C21H31N5O6S/c27-20-18(19(21(20)28)24-17-5-8-22-9-6-17)23-7-3-1-2-4-16-33(29,30)25-32-15-12-26-10-13-31-14-11-26/h5-6,8-9,23,25H,1-4,7,10-16H2,(H,22,24). The van der Waals surface area contributed by atoms with Gasteiger partial charge in [0, 0.05) is 44.3 Å². The second kappa shape index (κ2) is 12.8. The number of hydrogen-bond acceptors (Lipinski definition) is 10. The molecule has 1 saturated heterocycles. The maximum atomic E-state index is 12.0. The van der Waals surface area contributed by atoms with Gasteiger partial charge in [-0.1, -0.05) is 17.7 Å². The Labute approximate surface area is 193 Å². The monoisotopic (exact) mass is 481 g/mol. The number of anilines is 3. The van der Waals surface area contributed by atoms with Crippen molar-refractivity contribution in [3.63, 3.8) is 0 Å². The number of aromatic nitrogens is 1. The van der Waals surface area contributed by atoms with Crippen LogP contribution in [0, 0.1) is 0 Å². The van der Waals surface area contributed by atoms with Crippen LogP contribution in [0.15, 0.2) is 34.1 Å².